The first-order chi connectivity index (χ1) is 12.4. The largest absolute Gasteiger partial charge is 0.368 e. The molecule has 2 aromatic carbocycles. The van der Waals surface area contributed by atoms with E-state index in [0.717, 1.165) is 23.1 Å². The summed E-state index contributed by atoms with van der Waals surface area (Å²) in [5.74, 6) is -0.299. The lowest BCUT2D eigenvalue weighted by Crippen LogP contribution is -2.46. The Labute approximate surface area is 151 Å². The summed E-state index contributed by atoms with van der Waals surface area (Å²) in [6.07, 6.45) is 0.968. The molecule has 5 heteroatoms. The van der Waals surface area contributed by atoms with Gasteiger partial charge in [0, 0.05) is 12.1 Å². The molecule has 1 heterocycles. The van der Waals surface area contributed by atoms with E-state index in [4.69, 9.17) is 5.73 Å². The van der Waals surface area contributed by atoms with Crippen LogP contribution in [0.3, 0.4) is 0 Å². The van der Waals surface area contributed by atoms with Crippen LogP contribution in [0.2, 0.25) is 0 Å². The number of likely N-dealkylation sites (tertiary alicyclic amines) is 1. The van der Waals surface area contributed by atoms with Gasteiger partial charge in [-0.1, -0.05) is 23.8 Å². The number of carbonyl (C=O) groups excluding carboxylic acids is 2. The Hall–Kier alpha value is -2.69. The number of rotatable bonds is 3. The molecule has 4 nitrogen and oxygen atoms in total. The van der Waals surface area contributed by atoms with E-state index in [1.807, 2.05) is 19.1 Å². The monoisotopic (exact) mass is 352 g/mol. The highest BCUT2D eigenvalue weighted by Gasteiger charge is 2.56. The third-order valence-corrected chi connectivity index (χ3v) is 5.58. The first-order valence-electron chi connectivity index (χ1n) is 8.84. The summed E-state index contributed by atoms with van der Waals surface area (Å²) in [6.45, 7) is 4.23. The Morgan fingerprint density at radius 2 is 1.92 bits per heavy atom. The van der Waals surface area contributed by atoms with Crippen LogP contribution < -0.4 is 5.73 Å². The molecular weight excluding hydrogens is 331 g/mol. The van der Waals surface area contributed by atoms with Gasteiger partial charge in [0.25, 0.3) is 5.91 Å². The molecule has 2 fully saturated rings. The average molecular weight is 352 g/mol. The Morgan fingerprint density at radius 1 is 1.15 bits per heavy atom. The number of piperidine rings is 1. The smallest absolute Gasteiger partial charge is 0.255 e. The van der Waals surface area contributed by atoms with E-state index in [1.54, 1.807) is 30.0 Å². The lowest BCUT2D eigenvalue weighted by molar-refractivity contribution is -0.122. The van der Waals surface area contributed by atoms with E-state index in [0.29, 0.717) is 23.6 Å². The van der Waals surface area contributed by atoms with Crippen molar-refractivity contribution >= 4 is 11.8 Å². The van der Waals surface area contributed by atoms with Gasteiger partial charge in [-0.05, 0) is 67.0 Å². The zero-order chi connectivity index (χ0) is 18.6. The van der Waals surface area contributed by atoms with Crippen molar-refractivity contribution in [1.29, 1.82) is 0 Å². The molecule has 1 saturated carbocycles. The predicted octanol–water partition coefficient (Wildman–Crippen LogP) is 3.06. The van der Waals surface area contributed by atoms with Gasteiger partial charge < -0.3 is 10.6 Å². The molecule has 0 aromatic heterocycles. The molecule has 0 bridgehead atoms. The molecule has 1 aliphatic carbocycles. The average Bonchev–Trinajstić information content (AvgIpc) is 3.25. The number of nitrogens with two attached hydrogens (primary N) is 1. The summed E-state index contributed by atoms with van der Waals surface area (Å²) in [6, 6.07) is 9.91. The van der Waals surface area contributed by atoms with Gasteiger partial charge in [-0.3, -0.25) is 9.59 Å². The molecule has 2 amide bonds. The molecule has 2 aromatic rings. The van der Waals surface area contributed by atoms with Crippen LogP contribution in [0.5, 0.6) is 0 Å². The maximum atomic E-state index is 13.7. The van der Waals surface area contributed by atoms with Crippen molar-refractivity contribution in [3.63, 3.8) is 0 Å². The molecular formula is C21H21FN2O2. The Balaban J connectivity index is 1.76. The molecule has 1 saturated heterocycles. The number of amides is 2. The predicted molar refractivity (Wildman–Crippen MR) is 96.9 cm³/mol. The molecule has 0 spiro atoms. The molecule has 0 radical (unpaired) electrons. The lowest BCUT2D eigenvalue weighted by atomic mass is 9.95. The van der Waals surface area contributed by atoms with Crippen LogP contribution in [0.1, 0.15) is 27.9 Å². The SMILES string of the molecule is Cc1ccc(C(=O)N2C[C@H]3C[C@H]3[C@H]2C(N)=O)c(-c2ccc(F)c(C)c2)c1. The minimum absolute atomic E-state index is 0.182. The van der Waals surface area contributed by atoms with Crippen LogP contribution >= 0.6 is 0 Å². The molecule has 2 N–H and O–H groups in total. The maximum Gasteiger partial charge on any atom is 0.255 e. The van der Waals surface area contributed by atoms with Gasteiger partial charge in [-0.25, -0.2) is 4.39 Å². The van der Waals surface area contributed by atoms with Gasteiger partial charge in [-0.15, -0.1) is 0 Å². The molecule has 2 aliphatic rings. The Bertz CT molecular complexity index is 924. The third kappa shape index (κ3) is 2.68. The van der Waals surface area contributed by atoms with E-state index in [9.17, 15) is 14.0 Å². The number of halogens is 1. The van der Waals surface area contributed by atoms with Crippen LogP contribution in [0.4, 0.5) is 4.39 Å². The number of nitrogens with zero attached hydrogens (tertiary/aromatic N) is 1. The molecule has 26 heavy (non-hydrogen) atoms. The zero-order valence-corrected chi connectivity index (χ0v) is 14.8. The van der Waals surface area contributed by atoms with Crippen molar-refractivity contribution in [2.75, 3.05) is 6.54 Å². The van der Waals surface area contributed by atoms with Crippen molar-refractivity contribution in [3.05, 3.63) is 58.9 Å². The second kappa shape index (κ2) is 5.94. The highest BCUT2D eigenvalue weighted by molar-refractivity contribution is 6.03. The summed E-state index contributed by atoms with van der Waals surface area (Å²) in [5, 5.41) is 0. The number of hydrogen-bond donors (Lipinski definition) is 1. The molecule has 3 atom stereocenters. The van der Waals surface area contributed by atoms with Crippen LogP contribution in [0, 0.1) is 31.5 Å². The number of hydrogen-bond acceptors (Lipinski definition) is 2. The van der Waals surface area contributed by atoms with Crippen molar-refractivity contribution in [2.45, 2.75) is 26.3 Å². The van der Waals surface area contributed by atoms with Crippen molar-refractivity contribution < 1.29 is 14.0 Å². The van der Waals surface area contributed by atoms with Gasteiger partial charge >= 0.3 is 0 Å². The van der Waals surface area contributed by atoms with Gasteiger partial charge in [0.05, 0.1) is 0 Å². The summed E-state index contributed by atoms with van der Waals surface area (Å²) < 4.78 is 13.7. The number of aryl methyl sites for hydroxylation is 2. The van der Waals surface area contributed by atoms with Gasteiger partial charge in [-0.2, -0.15) is 0 Å². The van der Waals surface area contributed by atoms with Gasteiger partial charge in [0.15, 0.2) is 0 Å². The van der Waals surface area contributed by atoms with E-state index in [-0.39, 0.29) is 17.6 Å². The summed E-state index contributed by atoms with van der Waals surface area (Å²) in [5.41, 5.74) is 9.15. The van der Waals surface area contributed by atoms with Crippen LogP contribution in [0.25, 0.3) is 11.1 Å². The molecule has 1 aliphatic heterocycles. The lowest BCUT2D eigenvalue weighted by Gasteiger charge is -2.26. The van der Waals surface area contributed by atoms with Crippen LogP contribution in [-0.2, 0) is 4.79 Å². The van der Waals surface area contributed by atoms with Gasteiger partial charge in [0.1, 0.15) is 11.9 Å². The normalized spacial score (nSPS) is 23.7. The first-order valence-corrected chi connectivity index (χ1v) is 8.84. The quantitative estimate of drug-likeness (QED) is 0.923. The zero-order valence-electron chi connectivity index (χ0n) is 14.8. The fraction of sp³-hybridized carbons (Fsp3) is 0.333. The fourth-order valence-corrected chi connectivity index (χ4v) is 4.09. The number of primary amides is 1. The van der Waals surface area contributed by atoms with Gasteiger partial charge in [0.2, 0.25) is 5.91 Å². The Morgan fingerprint density at radius 3 is 2.62 bits per heavy atom. The summed E-state index contributed by atoms with van der Waals surface area (Å²) in [7, 11) is 0. The maximum absolute atomic E-state index is 13.7. The standard InChI is InChI=1S/C21H21FN2O2/c1-11-3-5-15(16(7-11)13-4-6-18(22)12(2)8-13)21(26)24-10-14-9-17(14)19(24)20(23)25/h3-8,14,17,19H,9-10H2,1-2H3,(H2,23,25)/t14-,17-,19+/m1/s1. The molecule has 4 rings (SSSR count). The van der Waals surface area contributed by atoms with Crippen molar-refractivity contribution in [3.8, 4) is 11.1 Å². The summed E-state index contributed by atoms with van der Waals surface area (Å²) >= 11 is 0. The van der Waals surface area contributed by atoms with E-state index in [1.165, 1.54) is 6.07 Å². The first kappa shape index (κ1) is 16.8. The highest BCUT2D eigenvalue weighted by atomic mass is 19.1. The third-order valence-electron chi connectivity index (χ3n) is 5.58. The minimum Gasteiger partial charge on any atom is -0.368 e. The number of fused-ring (bicyclic) bond motifs is 1. The Kier molecular flexibility index (Phi) is 3.83. The second-order valence-corrected chi connectivity index (χ2v) is 7.48. The van der Waals surface area contributed by atoms with E-state index in [2.05, 4.69) is 0 Å². The minimum atomic E-state index is -0.517. The number of carbonyl (C=O) groups is 2. The van der Waals surface area contributed by atoms with E-state index >= 15 is 0 Å². The van der Waals surface area contributed by atoms with Crippen LogP contribution in [-0.4, -0.2) is 29.3 Å². The number of benzene rings is 2. The molecule has 134 valence electrons. The van der Waals surface area contributed by atoms with Crippen molar-refractivity contribution in [1.82, 2.24) is 4.90 Å². The van der Waals surface area contributed by atoms with E-state index < -0.39 is 11.9 Å². The molecule has 0 unspecified atom stereocenters. The summed E-state index contributed by atoms with van der Waals surface area (Å²) in [4.78, 5) is 26.7. The second-order valence-electron chi connectivity index (χ2n) is 7.48. The van der Waals surface area contributed by atoms with Crippen molar-refractivity contribution in [2.24, 2.45) is 17.6 Å². The highest BCUT2D eigenvalue weighted by Crippen LogP contribution is 2.50. The fourth-order valence-electron chi connectivity index (χ4n) is 4.09. The van der Waals surface area contributed by atoms with Crippen LogP contribution in [0.15, 0.2) is 36.4 Å². The topological polar surface area (TPSA) is 63.4 Å².